The summed E-state index contributed by atoms with van der Waals surface area (Å²) in [5.41, 5.74) is 1.55. The fourth-order valence-corrected chi connectivity index (χ4v) is 2.65. The maximum Gasteiger partial charge on any atom is 0.338 e. The van der Waals surface area contributed by atoms with Crippen molar-refractivity contribution in [1.29, 1.82) is 0 Å². The summed E-state index contributed by atoms with van der Waals surface area (Å²) >= 11 is 0. The number of rotatable bonds is 9. The molecule has 0 aromatic heterocycles. The zero-order valence-corrected chi connectivity index (χ0v) is 16.9. The fraction of sp³-hybridized carbons (Fsp3) is 0.435. The van der Waals surface area contributed by atoms with Gasteiger partial charge < -0.3 is 14.7 Å². The third-order valence-corrected chi connectivity index (χ3v) is 4.23. The topological polar surface area (TPSA) is 49.8 Å². The largest absolute Gasteiger partial charge is 0.506 e. The number of phenols is 1. The molecule has 0 unspecified atom stereocenters. The number of carbonyl (C=O) groups excluding carboxylic acids is 1. The summed E-state index contributed by atoms with van der Waals surface area (Å²) < 4.78 is 5.14. The van der Waals surface area contributed by atoms with Crippen LogP contribution < -0.4 is 4.90 Å². The van der Waals surface area contributed by atoms with E-state index in [1.807, 2.05) is 36.4 Å². The molecule has 0 saturated heterocycles. The summed E-state index contributed by atoms with van der Waals surface area (Å²) in [6.07, 6.45) is 4.51. The highest BCUT2D eigenvalue weighted by molar-refractivity contribution is 5.89. The molecule has 2 rings (SSSR count). The van der Waals surface area contributed by atoms with Crippen LogP contribution in [0.2, 0.25) is 0 Å². The Kier molecular flexibility index (Phi) is 11.4. The molecule has 0 saturated carbocycles. The van der Waals surface area contributed by atoms with Crippen molar-refractivity contribution in [1.82, 2.24) is 0 Å². The van der Waals surface area contributed by atoms with Gasteiger partial charge >= 0.3 is 5.97 Å². The van der Waals surface area contributed by atoms with Gasteiger partial charge in [0.15, 0.2) is 0 Å². The van der Waals surface area contributed by atoms with Crippen LogP contribution in [0.5, 0.6) is 5.75 Å². The molecule has 0 spiro atoms. The van der Waals surface area contributed by atoms with Crippen LogP contribution in [-0.2, 0) is 4.74 Å². The predicted octanol–water partition coefficient (Wildman–Crippen LogP) is 5.66. The summed E-state index contributed by atoms with van der Waals surface area (Å²) in [6, 6.07) is 16.5. The summed E-state index contributed by atoms with van der Waals surface area (Å²) in [4.78, 5) is 13.6. The first-order chi connectivity index (χ1) is 13.1. The zero-order chi connectivity index (χ0) is 19.9. The minimum atomic E-state index is -0.216. The molecule has 4 heteroatoms. The van der Waals surface area contributed by atoms with E-state index in [0.717, 1.165) is 31.6 Å². The maximum absolute atomic E-state index is 11.5. The molecule has 0 atom stereocenters. The van der Waals surface area contributed by atoms with Crippen molar-refractivity contribution >= 4 is 11.7 Å². The molecule has 0 fully saturated rings. The number of carbonyl (C=O) groups is 1. The number of phenolic OH excluding ortho intramolecular Hbond substituents is 1. The standard InChI is InChI=1S/C13H18O2.C10H15NO/c1-2-3-4-8-11-15-13(14)12-9-6-5-7-10-12;1-3-11(4-2)9-7-5-6-8-10(9)12/h5-7,9-10H,2-4,8,11H2,1H3;5-8,12H,3-4H2,1-2H3. The van der Waals surface area contributed by atoms with Gasteiger partial charge in [0.1, 0.15) is 5.75 Å². The maximum atomic E-state index is 11.5. The molecule has 2 aromatic rings. The summed E-state index contributed by atoms with van der Waals surface area (Å²) in [5, 5.41) is 9.50. The van der Waals surface area contributed by atoms with Crippen LogP contribution in [0, 0.1) is 0 Å². The summed E-state index contributed by atoms with van der Waals surface area (Å²) in [7, 11) is 0. The third kappa shape index (κ3) is 8.63. The van der Waals surface area contributed by atoms with Gasteiger partial charge in [-0.1, -0.05) is 56.5 Å². The number of hydrogen-bond donors (Lipinski definition) is 1. The number of hydrogen-bond acceptors (Lipinski definition) is 4. The number of benzene rings is 2. The van der Waals surface area contributed by atoms with Crippen LogP contribution in [0.3, 0.4) is 0 Å². The normalized spacial score (nSPS) is 9.89. The van der Waals surface area contributed by atoms with Gasteiger partial charge in [-0.05, 0) is 44.5 Å². The van der Waals surface area contributed by atoms with E-state index < -0.39 is 0 Å². The van der Waals surface area contributed by atoms with Crippen LogP contribution in [0.1, 0.15) is 56.8 Å². The van der Waals surface area contributed by atoms with E-state index in [2.05, 4.69) is 25.7 Å². The van der Waals surface area contributed by atoms with Crippen molar-refractivity contribution in [2.75, 3.05) is 24.6 Å². The average Bonchev–Trinajstić information content (AvgIpc) is 2.71. The minimum Gasteiger partial charge on any atom is -0.506 e. The molecule has 0 bridgehead atoms. The van der Waals surface area contributed by atoms with Crippen LogP contribution >= 0.6 is 0 Å². The fourth-order valence-electron chi connectivity index (χ4n) is 2.65. The molecule has 0 aliphatic carbocycles. The quantitative estimate of drug-likeness (QED) is 0.456. The number of unbranched alkanes of at least 4 members (excludes halogenated alkanes) is 3. The van der Waals surface area contributed by atoms with E-state index in [1.165, 1.54) is 12.8 Å². The van der Waals surface area contributed by atoms with Gasteiger partial charge in [-0.3, -0.25) is 0 Å². The van der Waals surface area contributed by atoms with Crippen molar-refractivity contribution in [2.45, 2.75) is 46.5 Å². The lowest BCUT2D eigenvalue weighted by Crippen LogP contribution is -2.21. The summed E-state index contributed by atoms with van der Waals surface area (Å²) in [6.45, 7) is 8.71. The Bertz CT molecular complexity index is 639. The molecule has 4 nitrogen and oxygen atoms in total. The van der Waals surface area contributed by atoms with Crippen molar-refractivity contribution < 1.29 is 14.6 Å². The van der Waals surface area contributed by atoms with E-state index in [-0.39, 0.29) is 5.97 Å². The predicted molar refractivity (Wildman–Crippen MR) is 113 cm³/mol. The Morgan fingerprint density at radius 3 is 2.11 bits per heavy atom. The van der Waals surface area contributed by atoms with Gasteiger partial charge in [-0.2, -0.15) is 0 Å². The molecule has 0 aliphatic rings. The number of nitrogens with zero attached hydrogens (tertiary/aromatic N) is 1. The molecule has 2 aromatic carbocycles. The van der Waals surface area contributed by atoms with Gasteiger partial charge in [0.2, 0.25) is 0 Å². The minimum absolute atomic E-state index is 0.216. The monoisotopic (exact) mass is 371 g/mol. The first kappa shape index (κ1) is 22.6. The van der Waals surface area contributed by atoms with E-state index in [9.17, 15) is 9.90 Å². The van der Waals surface area contributed by atoms with Gasteiger partial charge in [0.05, 0.1) is 17.9 Å². The molecular weight excluding hydrogens is 338 g/mol. The Balaban J connectivity index is 0.000000277. The van der Waals surface area contributed by atoms with E-state index in [1.54, 1.807) is 18.2 Å². The second-order valence-corrected chi connectivity index (χ2v) is 6.22. The van der Waals surface area contributed by atoms with Crippen molar-refractivity contribution in [3.63, 3.8) is 0 Å². The lowest BCUT2D eigenvalue weighted by Gasteiger charge is -2.21. The van der Waals surface area contributed by atoms with Crippen LogP contribution in [0.15, 0.2) is 54.6 Å². The Hall–Kier alpha value is -2.49. The van der Waals surface area contributed by atoms with Crippen molar-refractivity contribution in [3.8, 4) is 5.75 Å². The molecule has 0 radical (unpaired) electrons. The number of esters is 1. The van der Waals surface area contributed by atoms with Crippen molar-refractivity contribution in [2.24, 2.45) is 0 Å². The lowest BCUT2D eigenvalue weighted by atomic mass is 10.2. The van der Waals surface area contributed by atoms with Gasteiger partial charge in [-0.15, -0.1) is 0 Å². The number of aromatic hydroxyl groups is 1. The lowest BCUT2D eigenvalue weighted by molar-refractivity contribution is 0.0498. The molecule has 1 N–H and O–H groups in total. The Morgan fingerprint density at radius 2 is 1.52 bits per heavy atom. The van der Waals surface area contributed by atoms with Crippen LogP contribution in [0.4, 0.5) is 5.69 Å². The van der Waals surface area contributed by atoms with E-state index in [4.69, 9.17) is 4.74 Å². The first-order valence-corrected chi connectivity index (χ1v) is 9.89. The average molecular weight is 372 g/mol. The highest BCUT2D eigenvalue weighted by atomic mass is 16.5. The molecule has 27 heavy (non-hydrogen) atoms. The molecule has 0 heterocycles. The van der Waals surface area contributed by atoms with Gasteiger partial charge in [-0.25, -0.2) is 4.79 Å². The highest BCUT2D eigenvalue weighted by Gasteiger charge is 2.05. The van der Waals surface area contributed by atoms with E-state index >= 15 is 0 Å². The number of ether oxygens (including phenoxy) is 1. The number of para-hydroxylation sites is 2. The Morgan fingerprint density at radius 1 is 0.889 bits per heavy atom. The SMILES string of the molecule is CCCCCCOC(=O)c1ccccc1.CCN(CC)c1ccccc1O. The zero-order valence-electron chi connectivity index (χ0n) is 16.9. The highest BCUT2D eigenvalue weighted by Crippen LogP contribution is 2.25. The van der Waals surface area contributed by atoms with Crippen LogP contribution in [-0.4, -0.2) is 30.8 Å². The summed E-state index contributed by atoms with van der Waals surface area (Å²) in [5.74, 6) is 0.147. The Labute approximate surface area is 163 Å². The van der Waals surface area contributed by atoms with Crippen LogP contribution in [0.25, 0.3) is 0 Å². The molecule has 0 aliphatic heterocycles. The van der Waals surface area contributed by atoms with Crippen molar-refractivity contribution in [3.05, 3.63) is 60.2 Å². The second-order valence-electron chi connectivity index (χ2n) is 6.22. The molecule has 0 amide bonds. The number of anilines is 1. The van der Waals surface area contributed by atoms with Gasteiger partial charge in [0, 0.05) is 13.1 Å². The second kappa shape index (κ2) is 13.7. The third-order valence-electron chi connectivity index (χ3n) is 4.23. The molecule has 148 valence electrons. The molecular formula is C23H33NO3. The van der Waals surface area contributed by atoms with Gasteiger partial charge in [0.25, 0.3) is 0 Å². The van der Waals surface area contributed by atoms with E-state index in [0.29, 0.717) is 17.9 Å². The smallest absolute Gasteiger partial charge is 0.338 e. The first-order valence-electron chi connectivity index (χ1n) is 9.89.